The molecule has 4 aromatic carbocycles. The van der Waals surface area contributed by atoms with Gasteiger partial charge in [-0.05, 0) is 0 Å². The van der Waals surface area contributed by atoms with Crippen molar-refractivity contribution in [2.75, 3.05) is 0 Å². The van der Waals surface area contributed by atoms with E-state index >= 15 is 0 Å². The molecule has 4 aromatic rings. The molecule has 14 rings (SSSR count). The zero-order valence-electron chi connectivity index (χ0n) is 28.8. The van der Waals surface area contributed by atoms with E-state index in [2.05, 4.69) is 71.0 Å². The Morgan fingerprint density at radius 2 is 0.902 bits per heavy atom. The van der Waals surface area contributed by atoms with Crippen LogP contribution in [0.3, 0.4) is 0 Å². The Balaban J connectivity index is 1.03. The Morgan fingerprint density at radius 3 is 1.22 bits per heavy atom. The predicted molar refractivity (Wildman–Crippen MR) is 192 cm³/mol. The van der Waals surface area contributed by atoms with Crippen molar-refractivity contribution < 1.29 is 32.9 Å². The molecule has 5 unspecified atom stereocenters. The quantitative estimate of drug-likeness (QED) is 0.0997. The van der Waals surface area contributed by atoms with Gasteiger partial charge in [0.25, 0.3) is 0 Å². The van der Waals surface area contributed by atoms with Crippen molar-refractivity contribution in [2.45, 2.75) is 99.5 Å². The van der Waals surface area contributed by atoms with Gasteiger partial charge in [-0.3, -0.25) is 0 Å². The Labute approximate surface area is 286 Å². The van der Waals surface area contributed by atoms with Crippen LogP contribution in [-0.4, -0.2) is 9.71 Å². The first kappa shape index (κ1) is 29.2. The SMILES string of the molecule is Cc1cc(C)cc(P(c2cc(C)cc(C)c2)C(C)[C@]23[CH]4[CH]5[CH]6[C]2(P(c2ccc(C(F)(F)F)cc2)c2ccc(C(F)(F)F)cc2)[Fe]56432789[CH]3[CH]2[CH]7[CH]8[CH]39)c1. The van der Waals surface area contributed by atoms with Crippen molar-refractivity contribution in [1.82, 2.24) is 0 Å². The van der Waals surface area contributed by atoms with Crippen LogP contribution >= 0.6 is 15.8 Å². The monoisotopic (exact) mass is 774 g/mol. The Bertz CT molecular complexity index is 2580. The molecule has 10 aliphatic heterocycles. The van der Waals surface area contributed by atoms with Gasteiger partial charge in [-0.25, -0.2) is 0 Å². The molecule has 10 heterocycles. The summed E-state index contributed by atoms with van der Waals surface area (Å²) in [6.07, 6.45) is -8.89. The van der Waals surface area contributed by atoms with Gasteiger partial charge in [0.1, 0.15) is 0 Å². The Kier molecular flexibility index (Phi) is 2.91. The van der Waals surface area contributed by atoms with Crippen LogP contribution in [0.2, 0.25) is 42.8 Å². The molecule has 0 saturated carbocycles. The second kappa shape index (κ2) is 5.07. The summed E-state index contributed by atoms with van der Waals surface area (Å²) in [7, 11) is -1.93. The molecule has 0 amide bonds. The van der Waals surface area contributed by atoms with E-state index in [-0.39, 0.29) is 8.37 Å². The fourth-order valence-corrected chi connectivity index (χ4v) is 121. The molecule has 0 aromatic heterocycles. The molecule has 266 valence electrons. The van der Waals surface area contributed by atoms with Crippen molar-refractivity contribution in [1.29, 1.82) is 0 Å². The molecule has 0 N–H and O–H groups in total. The van der Waals surface area contributed by atoms with Crippen LogP contribution in [0, 0.1) is 27.7 Å². The van der Waals surface area contributed by atoms with Crippen molar-refractivity contribution in [3.8, 4) is 0 Å². The molecule has 9 heteroatoms. The molecule has 10 saturated heterocycles. The van der Waals surface area contributed by atoms with Crippen LogP contribution in [0.4, 0.5) is 26.3 Å². The molecule has 51 heavy (non-hydrogen) atoms. The molecular formula is C42H38F6FeP2. The number of alkyl halides is 6. The summed E-state index contributed by atoms with van der Waals surface area (Å²) in [4.78, 5) is 7.04. The van der Waals surface area contributed by atoms with Crippen LogP contribution in [0.15, 0.2) is 84.9 Å². The van der Waals surface area contributed by atoms with E-state index in [0.29, 0.717) is 5.66 Å². The van der Waals surface area contributed by atoms with Gasteiger partial charge in [0.15, 0.2) is 0 Å². The predicted octanol–water partition coefficient (Wildman–Crippen LogP) is 11.6. The van der Waals surface area contributed by atoms with Crippen molar-refractivity contribution >= 4 is 37.1 Å². The number of hydrogen-bond acceptors (Lipinski definition) is 0. The number of benzene rings is 4. The fraction of sp³-hybridized carbons (Fsp3) is 0.429. The maximum atomic E-state index is 13.9. The first-order valence-corrected chi connectivity index (χ1v) is 27.1. The molecule has 0 bridgehead atoms. The zero-order chi connectivity index (χ0) is 35.3. The third-order valence-corrected chi connectivity index (χ3v) is 75.3. The summed E-state index contributed by atoms with van der Waals surface area (Å²) >= 11 is 0. The van der Waals surface area contributed by atoms with Crippen molar-refractivity contribution in [2.24, 2.45) is 0 Å². The molecule has 0 aliphatic carbocycles. The molecular weight excluding hydrogens is 736 g/mol. The third kappa shape index (κ3) is 1.03. The number of halogens is 6. The second-order valence-electron chi connectivity index (χ2n) is 19.9. The molecule has 1 spiro atoms. The van der Waals surface area contributed by atoms with E-state index in [0.717, 1.165) is 49.1 Å². The molecule has 0 radical (unpaired) electrons. The molecule has 10 fully saturated rings. The van der Waals surface area contributed by atoms with Gasteiger partial charge in [-0.15, -0.1) is 0 Å². The van der Waals surface area contributed by atoms with Crippen LogP contribution in [0.1, 0.15) is 40.3 Å². The van der Waals surface area contributed by atoms with Gasteiger partial charge in [0, 0.05) is 0 Å². The summed E-state index contributed by atoms with van der Waals surface area (Å²) in [6, 6.07) is 26.1. The topological polar surface area (TPSA) is 0 Å². The molecule has 10 aliphatic rings. The summed E-state index contributed by atoms with van der Waals surface area (Å²) < 4.78 is 84.0. The van der Waals surface area contributed by atoms with Crippen LogP contribution < -0.4 is 21.2 Å². The average molecular weight is 775 g/mol. The Hall–Kier alpha value is -2.16. The van der Waals surface area contributed by atoms with Gasteiger partial charge in [-0.1, -0.05) is 0 Å². The van der Waals surface area contributed by atoms with E-state index in [1.165, 1.54) is 57.1 Å². The number of fused-ring (bicyclic) bond motifs is 10. The number of rotatable bonds is 7. The van der Waals surface area contributed by atoms with E-state index in [9.17, 15) is 26.3 Å². The standard InChI is InChI=1S/C37H33F6P2.C5H5.Fe/c1-23-17-24(2)20-32(19-23)44(33-21-25(3)18-26(4)22-33)27(5)34-7-6-8-35(34)45(30-13-9-28(10-14-30)36(38,39)40)31-15-11-29(12-16-31)37(41,42)43;1-2-4-5-3-1;/h6-22,27H,1-5H3;1-5H;. The van der Waals surface area contributed by atoms with Gasteiger partial charge in [-0.2, -0.15) is 0 Å². The number of hydrogen-bond donors (Lipinski definition) is 0. The van der Waals surface area contributed by atoms with Gasteiger partial charge in [0.2, 0.25) is 0 Å². The average Bonchev–Trinajstić information content (AvgIpc) is 3.99. The van der Waals surface area contributed by atoms with E-state index in [1.54, 1.807) is 24.3 Å². The van der Waals surface area contributed by atoms with E-state index in [4.69, 9.17) is 0 Å². The zero-order valence-corrected chi connectivity index (χ0v) is 31.7. The molecule has 6 atom stereocenters. The minimum atomic E-state index is -4.45. The summed E-state index contributed by atoms with van der Waals surface area (Å²) in [5.74, 6) is 0. The van der Waals surface area contributed by atoms with Crippen molar-refractivity contribution in [3.63, 3.8) is 0 Å². The van der Waals surface area contributed by atoms with E-state index in [1.807, 2.05) is 0 Å². The second-order valence-corrected chi connectivity index (χ2v) is 48.5. The van der Waals surface area contributed by atoms with Crippen LogP contribution in [0.5, 0.6) is 0 Å². The first-order valence-electron chi connectivity index (χ1n) is 18.1. The van der Waals surface area contributed by atoms with Gasteiger partial charge >= 0.3 is 288 Å². The van der Waals surface area contributed by atoms with Crippen molar-refractivity contribution in [3.05, 3.63) is 118 Å². The normalized spacial score (nSPS) is 50.5. The fourth-order valence-electron chi connectivity index (χ4n) is 23.5. The van der Waals surface area contributed by atoms with Crippen LogP contribution in [0.25, 0.3) is 0 Å². The maximum absolute atomic E-state index is 13.9. The summed E-state index contributed by atoms with van der Waals surface area (Å²) in [5.41, 5.74) is 4.19. The summed E-state index contributed by atoms with van der Waals surface area (Å²) in [6.45, 7) is 6.91. The number of aryl methyl sites for hydroxylation is 4. The third-order valence-electron chi connectivity index (χ3n) is 22.1. The van der Waals surface area contributed by atoms with Gasteiger partial charge in [0.05, 0.1) is 0 Å². The summed E-state index contributed by atoms with van der Waals surface area (Å²) in [5, 5.41) is 4.78. The minimum absolute atomic E-state index is 0.124. The van der Waals surface area contributed by atoms with Crippen LogP contribution in [-0.2, 0) is 18.9 Å². The Morgan fingerprint density at radius 1 is 0.529 bits per heavy atom. The van der Waals surface area contributed by atoms with Gasteiger partial charge < -0.3 is 0 Å². The molecule has 0 nitrogen and oxygen atoms in total. The van der Waals surface area contributed by atoms with E-state index < -0.39 is 45.8 Å². The first-order chi connectivity index (χ1) is 23.8.